The molecule has 1 saturated heterocycles. The number of hydrogen-bond acceptors (Lipinski definition) is 4. The molecule has 1 fully saturated rings. The molecule has 0 atom stereocenters. The van der Waals surface area contributed by atoms with E-state index in [1.165, 1.54) is 16.8 Å². The molecule has 1 aromatic heterocycles. The van der Waals surface area contributed by atoms with Crippen LogP contribution in [0.1, 0.15) is 39.7 Å². The van der Waals surface area contributed by atoms with Gasteiger partial charge in [0.15, 0.2) is 5.69 Å². The lowest BCUT2D eigenvalue weighted by Gasteiger charge is -2.36. The third-order valence-corrected chi connectivity index (χ3v) is 6.56. The van der Waals surface area contributed by atoms with Gasteiger partial charge in [0.25, 0.3) is 11.5 Å². The second kappa shape index (κ2) is 8.17. The van der Waals surface area contributed by atoms with Crippen molar-refractivity contribution in [1.29, 1.82) is 0 Å². The second-order valence-corrected chi connectivity index (χ2v) is 8.43. The van der Waals surface area contributed by atoms with Crippen molar-refractivity contribution in [2.24, 2.45) is 0 Å². The molecule has 0 spiro atoms. The Morgan fingerprint density at radius 2 is 1.65 bits per heavy atom. The molecule has 31 heavy (non-hydrogen) atoms. The Morgan fingerprint density at radius 1 is 0.968 bits per heavy atom. The van der Waals surface area contributed by atoms with Crippen LogP contribution in [-0.4, -0.2) is 46.5 Å². The lowest BCUT2D eigenvalue weighted by molar-refractivity contribution is 0.0738. The van der Waals surface area contributed by atoms with Crippen LogP contribution in [0.2, 0.25) is 0 Å². The van der Waals surface area contributed by atoms with Crippen LogP contribution in [0.3, 0.4) is 0 Å². The fourth-order valence-corrected chi connectivity index (χ4v) is 4.33. The van der Waals surface area contributed by atoms with Crippen molar-refractivity contribution < 1.29 is 4.79 Å². The molecule has 0 radical (unpaired) electrons. The quantitative estimate of drug-likeness (QED) is 0.652. The standard InChI is InChI=1S/C25H30N4O2/c1-6-29-22-15-18(4)17(3)14-20(22)26-23(25(29)31)24(30)28-12-10-27(11-13-28)21-9-7-8-16(2)19(21)5/h7-9,14-15H,6,10-13H2,1-5H3. The molecule has 6 nitrogen and oxygen atoms in total. The van der Waals surface area contributed by atoms with Crippen molar-refractivity contribution in [2.75, 3.05) is 31.1 Å². The average molecular weight is 419 g/mol. The van der Waals surface area contributed by atoms with E-state index in [9.17, 15) is 9.59 Å². The molecule has 162 valence electrons. The van der Waals surface area contributed by atoms with Crippen LogP contribution < -0.4 is 10.5 Å². The first kappa shape index (κ1) is 21.1. The number of aromatic nitrogens is 2. The van der Waals surface area contributed by atoms with Gasteiger partial charge in [-0.3, -0.25) is 9.59 Å². The van der Waals surface area contributed by atoms with Crippen LogP contribution in [0, 0.1) is 27.7 Å². The van der Waals surface area contributed by atoms with E-state index >= 15 is 0 Å². The van der Waals surface area contributed by atoms with Crippen molar-refractivity contribution in [3.05, 3.63) is 68.6 Å². The van der Waals surface area contributed by atoms with E-state index in [0.29, 0.717) is 25.2 Å². The molecule has 0 bridgehead atoms. The number of benzene rings is 2. The number of nitrogens with zero attached hydrogens (tertiary/aromatic N) is 4. The van der Waals surface area contributed by atoms with Gasteiger partial charge in [0.1, 0.15) is 0 Å². The zero-order chi connectivity index (χ0) is 22.3. The number of anilines is 1. The zero-order valence-corrected chi connectivity index (χ0v) is 19.0. The summed E-state index contributed by atoms with van der Waals surface area (Å²) < 4.78 is 1.66. The smallest absolute Gasteiger partial charge is 0.282 e. The maximum Gasteiger partial charge on any atom is 0.282 e. The molecule has 4 rings (SSSR count). The topological polar surface area (TPSA) is 58.4 Å². The summed E-state index contributed by atoms with van der Waals surface area (Å²) in [5, 5.41) is 0. The highest BCUT2D eigenvalue weighted by Gasteiger charge is 2.27. The predicted molar refractivity (Wildman–Crippen MR) is 125 cm³/mol. The van der Waals surface area contributed by atoms with Gasteiger partial charge < -0.3 is 14.4 Å². The summed E-state index contributed by atoms with van der Waals surface area (Å²) in [6, 6.07) is 10.3. The van der Waals surface area contributed by atoms with Crippen molar-refractivity contribution in [1.82, 2.24) is 14.5 Å². The molecule has 2 aromatic carbocycles. The monoisotopic (exact) mass is 418 g/mol. The van der Waals surface area contributed by atoms with Gasteiger partial charge in [0.2, 0.25) is 0 Å². The molecule has 1 amide bonds. The van der Waals surface area contributed by atoms with Crippen LogP contribution in [0.4, 0.5) is 5.69 Å². The summed E-state index contributed by atoms with van der Waals surface area (Å²) in [6.07, 6.45) is 0. The molecular weight excluding hydrogens is 388 g/mol. The van der Waals surface area contributed by atoms with Gasteiger partial charge in [0, 0.05) is 38.4 Å². The number of amides is 1. The number of rotatable bonds is 3. The number of carbonyl (C=O) groups excluding carboxylic acids is 1. The Bertz CT molecular complexity index is 1220. The molecule has 3 aromatic rings. The van der Waals surface area contributed by atoms with Crippen molar-refractivity contribution in [3.63, 3.8) is 0 Å². The molecule has 6 heteroatoms. The van der Waals surface area contributed by atoms with Crippen LogP contribution >= 0.6 is 0 Å². The SMILES string of the molecule is CCn1c(=O)c(C(=O)N2CCN(c3cccc(C)c3C)CC2)nc2cc(C)c(C)cc21. The summed E-state index contributed by atoms with van der Waals surface area (Å²) in [4.78, 5) is 35.0. The lowest BCUT2D eigenvalue weighted by atomic mass is 10.1. The average Bonchev–Trinajstić information content (AvgIpc) is 2.76. The number of hydrogen-bond donors (Lipinski definition) is 0. The van der Waals surface area contributed by atoms with E-state index in [1.54, 1.807) is 9.47 Å². The van der Waals surface area contributed by atoms with Gasteiger partial charge >= 0.3 is 0 Å². The highest BCUT2D eigenvalue weighted by atomic mass is 16.2. The van der Waals surface area contributed by atoms with Gasteiger partial charge in [-0.2, -0.15) is 0 Å². The number of carbonyl (C=O) groups is 1. The van der Waals surface area contributed by atoms with E-state index in [4.69, 9.17) is 0 Å². The largest absolute Gasteiger partial charge is 0.368 e. The number of fused-ring (bicyclic) bond motifs is 1. The summed E-state index contributed by atoms with van der Waals surface area (Å²) >= 11 is 0. The van der Waals surface area contributed by atoms with Crippen LogP contribution in [0.15, 0.2) is 35.1 Å². The first-order valence-corrected chi connectivity index (χ1v) is 10.9. The van der Waals surface area contributed by atoms with Gasteiger partial charge in [0.05, 0.1) is 11.0 Å². The molecule has 0 unspecified atom stereocenters. The Kier molecular flexibility index (Phi) is 5.56. The molecule has 0 aliphatic carbocycles. The molecule has 1 aliphatic heterocycles. The van der Waals surface area contributed by atoms with Crippen LogP contribution in [-0.2, 0) is 6.54 Å². The molecule has 1 aliphatic rings. The van der Waals surface area contributed by atoms with E-state index in [-0.39, 0.29) is 17.2 Å². The van der Waals surface area contributed by atoms with E-state index in [0.717, 1.165) is 29.7 Å². The Labute approximate surface area is 183 Å². The second-order valence-electron chi connectivity index (χ2n) is 8.43. The first-order chi connectivity index (χ1) is 14.8. The normalized spacial score (nSPS) is 14.4. The molecule has 2 heterocycles. The maximum absolute atomic E-state index is 13.3. The van der Waals surface area contributed by atoms with Crippen molar-refractivity contribution in [3.8, 4) is 0 Å². The Morgan fingerprint density at radius 3 is 2.32 bits per heavy atom. The Hall–Kier alpha value is -3.15. The molecule has 0 saturated carbocycles. The van der Waals surface area contributed by atoms with E-state index in [1.807, 2.05) is 32.9 Å². The number of piperazine rings is 1. The summed E-state index contributed by atoms with van der Waals surface area (Å²) in [6.45, 7) is 13.3. The highest BCUT2D eigenvalue weighted by molar-refractivity contribution is 5.94. The van der Waals surface area contributed by atoms with Crippen molar-refractivity contribution in [2.45, 2.75) is 41.2 Å². The Balaban J connectivity index is 1.62. The van der Waals surface area contributed by atoms with Gasteiger partial charge in [-0.1, -0.05) is 12.1 Å². The van der Waals surface area contributed by atoms with Gasteiger partial charge in [-0.25, -0.2) is 4.98 Å². The van der Waals surface area contributed by atoms with Gasteiger partial charge in [-0.15, -0.1) is 0 Å². The third-order valence-electron chi connectivity index (χ3n) is 6.56. The summed E-state index contributed by atoms with van der Waals surface area (Å²) in [5.41, 5.74) is 7.17. The van der Waals surface area contributed by atoms with Crippen LogP contribution in [0.5, 0.6) is 0 Å². The highest BCUT2D eigenvalue weighted by Crippen LogP contribution is 2.24. The zero-order valence-electron chi connectivity index (χ0n) is 19.0. The fraction of sp³-hybridized carbons (Fsp3) is 0.400. The van der Waals surface area contributed by atoms with Crippen LogP contribution in [0.25, 0.3) is 11.0 Å². The molecular formula is C25H30N4O2. The minimum atomic E-state index is -0.305. The van der Waals surface area contributed by atoms with Gasteiger partial charge in [-0.05, 0) is 75.1 Å². The third kappa shape index (κ3) is 3.71. The minimum Gasteiger partial charge on any atom is -0.368 e. The fourth-order valence-electron chi connectivity index (χ4n) is 4.33. The minimum absolute atomic E-state index is 0.0257. The van der Waals surface area contributed by atoms with E-state index < -0.39 is 0 Å². The summed E-state index contributed by atoms with van der Waals surface area (Å²) in [7, 11) is 0. The first-order valence-electron chi connectivity index (χ1n) is 10.9. The lowest BCUT2D eigenvalue weighted by Crippen LogP contribution is -2.50. The summed E-state index contributed by atoms with van der Waals surface area (Å²) in [5.74, 6) is -0.270. The maximum atomic E-state index is 13.3. The number of aryl methyl sites for hydroxylation is 4. The molecule has 0 N–H and O–H groups in total. The predicted octanol–water partition coefficient (Wildman–Crippen LogP) is 3.61. The van der Waals surface area contributed by atoms with E-state index in [2.05, 4.69) is 41.9 Å². The van der Waals surface area contributed by atoms with Crippen molar-refractivity contribution >= 4 is 22.6 Å².